The fourth-order valence-corrected chi connectivity index (χ4v) is 5.06. The van der Waals surface area contributed by atoms with Gasteiger partial charge in [0.05, 0.1) is 18.8 Å². The van der Waals surface area contributed by atoms with Gasteiger partial charge >= 0.3 is 0 Å². The van der Waals surface area contributed by atoms with E-state index in [9.17, 15) is 4.79 Å². The quantitative estimate of drug-likeness (QED) is 0.373. The third kappa shape index (κ3) is 4.29. The Kier molecular flexibility index (Phi) is 6.01. The Morgan fingerprint density at radius 3 is 2.39 bits per heavy atom. The largest absolute Gasteiger partial charge is 0.489 e. The highest BCUT2D eigenvalue weighted by atomic mass is 35.5. The molecule has 3 heterocycles. The number of fused-ring (bicyclic) bond motifs is 3. The number of carbonyl (C=O) groups is 1. The van der Waals surface area contributed by atoms with Crippen molar-refractivity contribution in [3.63, 3.8) is 0 Å². The van der Waals surface area contributed by atoms with Crippen LogP contribution in [0.4, 0.5) is 0 Å². The average Bonchev–Trinajstić information content (AvgIpc) is 3.17. The number of ether oxygens (including phenoxy) is 6. The molecule has 184 valence electrons. The van der Waals surface area contributed by atoms with Gasteiger partial charge in [0.25, 0.3) is 0 Å². The van der Waals surface area contributed by atoms with Crippen LogP contribution in [0.3, 0.4) is 0 Å². The number of Topliss-reactive ketones (excluding diaryl/α,β-unsaturated/α-hetero) is 1. The lowest BCUT2D eigenvalue weighted by Crippen LogP contribution is -2.14. The van der Waals surface area contributed by atoms with Crippen LogP contribution >= 0.6 is 23.2 Å². The molecule has 3 aromatic rings. The molecule has 0 spiro atoms. The van der Waals surface area contributed by atoms with Gasteiger partial charge in [0.2, 0.25) is 5.78 Å². The number of aryl methyl sites for hydroxylation is 1. The van der Waals surface area contributed by atoms with Crippen molar-refractivity contribution in [1.29, 1.82) is 0 Å². The van der Waals surface area contributed by atoms with Gasteiger partial charge in [0, 0.05) is 38.4 Å². The standard InChI is InChI=1S/C27H20Cl2O7/c1-14-2-21(33-11-18-6-20(29)5-17-10-32-13-35-27(17)18)8-22-24(14)25(30)23(36-22)7-15-3-19(28)4-16-9-31-12-34-26(15)16/h2-8H,9-13H2,1H3/b23-7-. The zero-order valence-electron chi connectivity index (χ0n) is 19.2. The lowest BCUT2D eigenvalue weighted by Gasteiger charge is -2.21. The Labute approximate surface area is 217 Å². The van der Waals surface area contributed by atoms with Crippen LogP contribution in [-0.2, 0) is 29.3 Å². The van der Waals surface area contributed by atoms with Crippen molar-refractivity contribution in [3.8, 4) is 23.0 Å². The molecule has 3 aliphatic heterocycles. The molecule has 0 aliphatic carbocycles. The predicted octanol–water partition coefficient (Wildman–Crippen LogP) is 6.23. The smallest absolute Gasteiger partial charge is 0.232 e. The number of halogens is 2. The number of hydrogen-bond donors (Lipinski definition) is 0. The summed E-state index contributed by atoms with van der Waals surface area (Å²) in [7, 11) is 0. The molecule has 3 aromatic carbocycles. The zero-order chi connectivity index (χ0) is 24.8. The molecule has 0 radical (unpaired) electrons. The van der Waals surface area contributed by atoms with Gasteiger partial charge in [0.15, 0.2) is 19.3 Å². The first-order valence-corrected chi connectivity index (χ1v) is 12.0. The number of hydrogen-bond acceptors (Lipinski definition) is 7. The Morgan fingerprint density at radius 1 is 0.917 bits per heavy atom. The van der Waals surface area contributed by atoms with Crippen molar-refractivity contribution in [3.05, 3.63) is 85.6 Å². The van der Waals surface area contributed by atoms with E-state index in [-0.39, 0.29) is 31.7 Å². The van der Waals surface area contributed by atoms with Gasteiger partial charge in [-0.25, -0.2) is 0 Å². The fourth-order valence-electron chi connectivity index (χ4n) is 4.54. The lowest BCUT2D eigenvalue weighted by atomic mass is 10.0. The summed E-state index contributed by atoms with van der Waals surface area (Å²) in [6, 6.07) is 10.7. The van der Waals surface area contributed by atoms with Crippen LogP contribution in [0.15, 0.2) is 42.2 Å². The second-order valence-corrected chi connectivity index (χ2v) is 9.47. The molecular formula is C27H20Cl2O7. The van der Waals surface area contributed by atoms with E-state index in [0.717, 1.165) is 28.0 Å². The lowest BCUT2D eigenvalue weighted by molar-refractivity contribution is -0.0175. The summed E-state index contributed by atoms with van der Waals surface area (Å²) in [4.78, 5) is 13.2. The van der Waals surface area contributed by atoms with Gasteiger partial charge in [0.1, 0.15) is 29.6 Å². The first-order valence-electron chi connectivity index (χ1n) is 11.2. The van der Waals surface area contributed by atoms with Crippen molar-refractivity contribution in [2.75, 3.05) is 13.6 Å². The molecule has 9 heteroatoms. The topological polar surface area (TPSA) is 72.5 Å². The van der Waals surface area contributed by atoms with E-state index in [2.05, 4.69) is 0 Å². The van der Waals surface area contributed by atoms with Crippen LogP contribution in [0.25, 0.3) is 6.08 Å². The Morgan fingerprint density at radius 2 is 1.61 bits per heavy atom. The molecule has 3 aliphatic rings. The maximum Gasteiger partial charge on any atom is 0.232 e. The minimum Gasteiger partial charge on any atom is -0.489 e. The summed E-state index contributed by atoms with van der Waals surface area (Å²) in [6.07, 6.45) is 1.65. The van der Waals surface area contributed by atoms with Crippen LogP contribution in [0.5, 0.6) is 23.0 Å². The average molecular weight is 527 g/mol. The second-order valence-electron chi connectivity index (χ2n) is 8.60. The number of ketones is 1. The minimum atomic E-state index is -0.216. The fraction of sp³-hybridized carbons (Fsp3) is 0.222. The first kappa shape index (κ1) is 23.2. The summed E-state index contributed by atoms with van der Waals surface area (Å²) < 4.78 is 34.0. The SMILES string of the molecule is Cc1cc(OCc2cc(Cl)cc3c2OCOC3)cc2c1C(=O)/C(=C/c1cc(Cl)cc3c1OCOC3)O2. The number of carbonyl (C=O) groups excluding carboxylic acids is 1. The van der Waals surface area contributed by atoms with Gasteiger partial charge in [-0.15, -0.1) is 0 Å². The van der Waals surface area contributed by atoms with Crippen molar-refractivity contribution < 1.29 is 33.2 Å². The molecule has 0 fully saturated rings. The van der Waals surface area contributed by atoms with E-state index >= 15 is 0 Å². The maximum atomic E-state index is 13.2. The van der Waals surface area contributed by atoms with Crippen molar-refractivity contribution in [1.82, 2.24) is 0 Å². The molecule has 6 rings (SSSR count). The summed E-state index contributed by atoms with van der Waals surface area (Å²) >= 11 is 12.5. The molecule has 0 atom stereocenters. The van der Waals surface area contributed by atoms with Crippen LogP contribution in [-0.4, -0.2) is 19.4 Å². The van der Waals surface area contributed by atoms with Crippen LogP contribution in [0.1, 0.15) is 38.2 Å². The van der Waals surface area contributed by atoms with Crippen LogP contribution < -0.4 is 18.9 Å². The molecule has 0 saturated carbocycles. The van der Waals surface area contributed by atoms with E-state index in [1.54, 1.807) is 24.3 Å². The Balaban J connectivity index is 1.27. The Bertz CT molecular complexity index is 1430. The summed E-state index contributed by atoms with van der Waals surface area (Å²) in [5.41, 5.74) is 4.39. The van der Waals surface area contributed by atoms with Gasteiger partial charge < -0.3 is 28.4 Å². The minimum absolute atomic E-state index is 0.132. The second kappa shape index (κ2) is 9.33. The molecule has 0 saturated heterocycles. The maximum absolute atomic E-state index is 13.2. The van der Waals surface area contributed by atoms with Gasteiger partial charge in [-0.1, -0.05) is 23.2 Å². The van der Waals surface area contributed by atoms with E-state index in [0.29, 0.717) is 51.6 Å². The molecule has 0 unspecified atom stereocenters. The van der Waals surface area contributed by atoms with E-state index < -0.39 is 0 Å². The molecule has 0 amide bonds. The van der Waals surface area contributed by atoms with E-state index in [1.807, 2.05) is 25.1 Å². The van der Waals surface area contributed by atoms with E-state index in [4.69, 9.17) is 51.6 Å². The third-order valence-corrected chi connectivity index (χ3v) is 6.52. The van der Waals surface area contributed by atoms with Gasteiger partial charge in [-0.05, 0) is 48.9 Å². The Hall–Kier alpha value is -3.23. The highest BCUT2D eigenvalue weighted by Crippen LogP contribution is 2.40. The predicted molar refractivity (Wildman–Crippen MR) is 132 cm³/mol. The van der Waals surface area contributed by atoms with Gasteiger partial charge in [-0.3, -0.25) is 4.79 Å². The van der Waals surface area contributed by atoms with Crippen molar-refractivity contribution in [2.45, 2.75) is 26.7 Å². The summed E-state index contributed by atoms with van der Waals surface area (Å²) in [5.74, 6) is 2.30. The van der Waals surface area contributed by atoms with Crippen LogP contribution in [0, 0.1) is 6.92 Å². The third-order valence-electron chi connectivity index (χ3n) is 6.08. The highest BCUT2D eigenvalue weighted by Gasteiger charge is 2.31. The molecule has 0 N–H and O–H groups in total. The normalized spacial score (nSPS) is 17.0. The highest BCUT2D eigenvalue weighted by molar-refractivity contribution is 6.31. The molecule has 36 heavy (non-hydrogen) atoms. The number of benzene rings is 3. The number of allylic oxidation sites excluding steroid dienone is 1. The van der Waals surface area contributed by atoms with Crippen molar-refractivity contribution >= 4 is 35.1 Å². The van der Waals surface area contributed by atoms with Crippen LogP contribution in [0.2, 0.25) is 10.0 Å². The first-order chi connectivity index (χ1) is 17.5. The zero-order valence-corrected chi connectivity index (χ0v) is 20.7. The summed E-state index contributed by atoms with van der Waals surface area (Å²) in [5, 5.41) is 1.09. The molecular weight excluding hydrogens is 507 g/mol. The monoisotopic (exact) mass is 526 g/mol. The molecule has 7 nitrogen and oxygen atoms in total. The van der Waals surface area contributed by atoms with Gasteiger partial charge in [-0.2, -0.15) is 0 Å². The van der Waals surface area contributed by atoms with E-state index in [1.165, 1.54) is 0 Å². The molecule has 0 bridgehead atoms. The summed E-state index contributed by atoms with van der Waals surface area (Å²) in [6.45, 7) is 3.20. The number of rotatable bonds is 4. The van der Waals surface area contributed by atoms with Crippen molar-refractivity contribution in [2.24, 2.45) is 0 Å². The molecule has 0 aromatic heterocycles.